The van der Waals surface area contributed by atoms with Crippen LogP contribution in [0.1, 0.15) is 0 Å². The molecule has 9 heteroatoms. The predicted molar refractivity (Wildman–Crippen MR) is 92.9 cm³/mol. The molecular formula is C17H13ClFN3O4. The number of allylic oxidation sites excluding steroid dienone is 2. The van der Waals surface area contributed by atoms with E-state index in [0.717, 1.165) is 12.0 Å². The number of hydrogen-bond donors (Lipinski definition) is 1. The number of anilines is 1. The summed E-state index contributed by atoms with van der Waals surface area (Å²) in [6.45, 7) is 0. The minimum absolute atomic E-state index is 0.0106. The van der Waals surface area contributed by atoms with E-state index < -0.39 is 17.8 Å². The van der Waals surface area contributed by atoms with E-state index in [1.165, 1.54) is 43.9 Å². The minimum atomic E-state index is -0.862. The van der Waals surface area contributed by atoms with Crippen molar-refractivity contribution in [3.63, 3.8) is 0 Å². The fraction of sp³-hybridized carbons (Fsp3) is 0.118. The van der Waals surface area contributed by atoms with Crippen molar-refractivity contribution < 1.29 is 23.5 Å². The molecule has 1 N–H and O–H groups in total. The topological polar surface area (TPSA) is 84.5 Å². The van der Waals surface area contributed by atoms with Gasteiger partial charge < -0.3 is 19.4 Å². The second kappa shape index (κ2) is 7.01. The van der Waals surface area contributed by atoms with Gasteiger partial charge in [0, 0.05) is 6.20 Å². The molecule has 7 nitrogen and oxygen atoms in total. The molecule has 0 spiro atoms. The van der Waals surface area contributed by atoms with Crippen LogP contribution in [0.5, 0.6) is 0 Å². The van der Waals surface area contributed by atoms with Crippen LogP contribution in [-0.4, -0.2) is 36.1 Å². The van der Waals surface area contributed by atoms with Crippen LogP contribution >= 0.6 is 11.6 Å². The monoisotopic (exact) mass is 377 g/mol. The van der Waals surface area contributed by atoms with Crippen LogP contribution in [0.3, 0.4) is 0 Å². The molecule has 3 rings (SSSR count). The molecule has 0 bridgehead atoms. The summed E-state index contributed by atoms with van der Waals surface area (Å²) < 4.78 is 24.6. The van der Waals surface area contributed by atoms with Gasteiger partial charge in [0.05, 0.1) is 36.7 Å². The molecule has 0 amide bonds. The van der Waals surface area contributed by atoms with Crippen molar-refractivity contribution in [3.05, 3.63) is 58.9 Å². The van der Waals surface area contributed by atoms with E-state index in [1.807, 2.05) is 0 Å². The molecule has 1 aliphatic rings. The lowest BCUT2D eigenvalue weighted by Crippen LogP contribution is -2.27. The third kappa shape index (κ3) is 2.84. The van der Waals surface area contributed by atoms with Gasteiger partial charge in [0.1, 0.15) is 16.9 Å². The Kier molecular flexibility index (Phi) is 4.77. The normalized spacial score (nSPS) is 13.9. The lowest BCUT2D eigenvalue weighted by Gasteiger charge is -2.24. The fourth-order valence-corrected chi connectivity index (χ4v) is 2.84. The van der Waals surface area contributed by atoms with E-state index in [4.69, 9.17) is 21.1 Å². The number of methoxy groups -OCH3 is 2. The highest BCUT2D eigenvalue weighted by Crippen LogP contribution is 2.37. The highest BCUT2D eigenvalue weighted by molar-refractivity contribution is 6.34. The molecule has 1 aromatic heterocycles. The highest BCUT2D eigenvalue weighted by Gasteiger charge is 2.31. The zero-order valence-electron chi connectivity index (χ0n) is 13.7. The summed E-state index contributed by atoms with van der Waals surface area (Å²) in [5.74, 6) is -2.40. The summed E-state index contributed by atoms with van der Waals surface area (Å²) in [5, 5.41) is 0.0106. The van der Waals surface area contributed by atoms with E-state index in [0.29, 0.717) is 5.52 Å². The van der Waals surface area contributed by atoms with Gasteiger partial charge in [0.15, 0.2) is 5.82 Å². The maximum atomic E-state index is 15.1. The van der Waals surface area contributed by atoms with Crippen molar-refractivity contribution in [2.24, 2.45) is 0 Å². The molecule has 1 aliphatic heterocycles. The van der Waals surface area contributed by atoms with Gasteiger partial charge in [-0.25, -0.2) is 19.0 Å². The Morgan fingerprint density at radius 1 is 1.23 bits per heavy atom. The van der Waals surface area contributed by atoms with Crippen molar-refractivity contribution in [1.82, 2.24) is 9.97 Å². The summed E-state index contributed by atoms with van der Waals surface area (Å²) in [6.07, 6.45) is 7.11. The van der Waals surface area contributed by atoms with Crippen molar-refractivity contribution in [2.45, 2.75) is 0 Å². The van der Waals surface area contributed by atoms with Gasteiger partial charge in [-0.2, -0.15) is 0 Å². The first-order chi connectivity index (χ1) is 12.5. The number of H-pyrrole nitrogens is 1. The zero-order valence-corrected chi connectivity index (χ0v) is 14.5. The first-order valence-electron chi connectivity index (χ1n) is 7.35. The van der Waals surface area contributed by atoms with Crippen LogP contribution in [0.4, 0.5) is 10.1 Å². The Morgan fingerprint density at radius 3 is 2.65 bits per heavy atom. The molecule has 0 saturated heterocycles. The smallest absolute Gasteiger partial charge is 0.355 e. The molecule has 0 unspecified atom stereocenters. The number of nitrogens with one attached hydrogen (secondary N) is 1. The summed E-state index contributed by atoms with van der Waals surface area (Å²) >= 11 is 6.25. The number of halogens is 2. The van der Waals surface area contributed by atoms with Gasteiger partial charge in [0.25, 0.3) is 0 Å². The number of benzene rings is 1. The quantitative estimate of drug-likeness (QED) is 0.828. The molecule has 134 valence electrons. The number of carbonyl (C=O) groups is 2. The molecule has 1 aromatic carbocycles. The van der Waals surface area contributed by atoms with Crippen LogP contribution in [0.15, 0.2) is 48.1 Å². The zero-order chi connectivity index (χ0) is 18.8. The fourth-order valence-electron chi connectivity index (χ4n) is 2.56. The molecule has 0 saturated carbocycles. The van der Waals surface area contributed by atoms with Crippen LogP contribution in [0, 0.1) is 5.82 Å². The number of carbonyl (C=O) groups excluding carboxylic acids is 2. The molecule has 0 aliphatic carbocycles. The number of aromatic amines is 1. The molecule has 0 fully saturated rings. The third-order valence-electron chi connectivity index (χ3n) is 3.71. The molecule has 26 heavy (non-hydrogen) atoms. The standard InChI is InChI=1S/C17H13ClFN3O4/c1-25-16(23)9-5-3-4-6-22(14(9)17(24)26-2)15-10(18)7-11-13(12(15)19)21-8-20-11/h3-8H,1-2H3,(H,20,21). The first kappa shape index (κ1) is 17.7. The average Bonchev–Trinajstić information content (AvgIpc) is 2.99. The number of esters is 2. The Hall–Kier alpha value is -3.13. The minimum Gasteiger partial charge on any atom is -0.465 e. The number of fused-ring (bicyclic) bond motifs is 1. The largest absolute Gasteiger partial charge is 0.465 e. The van der Waals surface area contributed by atoms with Crippen molar-refractivity contribution in [3.8, 4) is 0 Å². The van der Waals surface area contributed by atoms with Crippen molar-refractivity contribution >= 4 is 40.3 Å². The van der Waals surface area contributed by atoms with Crippen LogP contribution in [-0.2, 0) is 19.1 Å². The number of nitrogens with zero attached hydrogens (tertiary/aromatic N) is 2. The SMILES string of the molecule is COC(=O)C1=C(C(=O)OC)N(c2c(Cl)cc3[nH]cnc3c2F)C=CC=C1. The van der Waals surface area contributed by atoms with Crippen LogP contribution in [0.2, 0.25) is 5.02 Å². The Morgan fingerprint density at radius 2 is 1.96 bits per heavy atom. The van der Waals surface area contributed by atoms with Gasteiger partial charge in [-0.15, -0.1) is 0 Å². The second-order valence-corrected chi connectivity index (χ2v) is 5.54. The molecule has 2 aromatic rings. The summed E-state index contributed by atoms with van der Waals surface area (Å²) in [5.41, 5.74) is -0.0567. The van der Waals surface area contributed by atoms with Crippen molar-refractivity contribution in [2.75, 3.05) is 19.1 Å². The molecule has 0 radical (unpaired) electrons. The number of ether oxygens (including phenoxy) is 2. The van der Waals surface area contributed by atoms with Gasteiger partial charge in [-0.3, -0.25) is 0 Å². The summed E-state index contributed by atoms with van der Waals surface area (Å²) in [6, 6.07) is 1.47. The second-order valence-electron chi connectivity index (χ2n) is 5.14. The van der Waals surface area contributed by atoms with Crippen molar-refractivity contribution in [1.29, 1.82) is 0 Å². The predicted octanol–water partition coefficient (Wildman–Crippen LogP) is 2.85. The maximum absolute atomic E-state index is 15.1. The van der Waals surface area contributed by atoms with Gasteiger partial charge >= 0.3 is 11.9 Å². The van der Waals surface area contributed by atoms with E-state index in [-0.39, 0.29) is 27.5 Å². The summed E-state index contributed by atoms with van der Waals surface area (Å²) in [7, 11) is 2.32. The van der Waals surface area contributed by atoms with E-state index >= 15 is 4.39 Å². The summed E-state index contributed by atoms with van der Waals surface area (Å²) in [4.78, 5) is 32.3. The van der Waals surface area contributed by atoms with Gasteiger partial charge in [0.2, 0.25) is 0 Å². The Balaban J connectivity index is 2.31. The molecule has 0 atom stereocenters. The maximum Gasteiger partial charge on any atom is 0.355 e. The van der Waals surface area contributed by atoms with Crippen LogP contribution < -0.4 is 4.90 Å². The van der Waals surface area contributed by atoms with Crippen LogP contribution in [0.25, 0.3) is 11.0 Å². The molecule has 2 heterocycles. The number of rotatable bonds is 3. The number of hydrogen-bond acceptors (Lipinski definition) is 6. The Bertz CT molecular complexity index is 993. The number of imidazole rings is 1. The highest BCUT2D eigenvalue weighted by atomic mass is 35.5. The van der Waals surface area contributed by atoms with E-state index in [9.17, 15) is 9.59 Å². The number of aromatic nitrogens is 2. The van der Waals surface area contributed by atoms with Gasteiger partial charge in [-0.1, -0.05) is 17.7 Å². The Labute approximate surface area is 152 Å². The molecular weight excluding hydrogens is 365 g/mol. The lowest BCUT2D eigenvalue weighted by atomic mass is 10.1. The lowest BCUT2D eigenvalue weighted by molar-refractivity contribution is -0.139. The van der Waals surface area contributed by atoms with E-state index in [1.54, 1.807) is 0 Å². The van der Waals surface area contributed by atoms with Gasteiger partial charge in [-0.05, 0) is 18.2 Å². The third-order valence-corrected chi connectivity index (χ3v) is 4.00. The first-order valence-corrected chi connectivity index (χ1v) is 7.73. The van der Waals surface area contributed by atoms with E-state index in [2.05, 4.69) is 9.97 Å². The average molecular weight is 378 g/mol.